The normalized spacial score (nSPS) is 31.8. The highest BCUT2D eigenvalue weighted by atomic mass is 32.2. The van der Waals surface area contributed by atoms with Gasteiger partial charge in [0.1, 0.15) is 6.10 Å². The molecule has 1 aromatic rings. The lowest BCUT2D eigenvalue weighted by atomic mass is 9.45. The Hall–Kier alpha value is -1.62. The van der Waals surface area contributed by atoms with Crippen LogP contribution in [0, 0.1) is 16.7 Å². The van der Waals surface area contributed by atoms with Crippen LogP contribution in [0.4, 0.5) is 18.9 Å². The van der Waals surface area contributed by atoms with Crippen LogP contribution in [0.2, 0.25) is 0 Å². The van der Waals surface area contributed by atoms with Gasteiger partial charge in [0, 0.05) is 5.41 Å². The third-order valence-electron chi connectivity index (χ3n) is 10.1. The summed E-state index contributed by atoms with van der Waals surface area (Å²) in [6, 6.07) is 5.51. The minimum atomic E-state index is -4.55. The van der Waals surface area contributed by atoms with E-state index in [1.165, 1.54) is 11.1 Å². The first-order valence-electron chi connectivity index (χ1n) is 14.2. The number of allylic oxidation sites excluding steroid dienone is 2. The number of rotatable bonds is 10. The number of unbranched alkanes of at least 4 members (excludes halogenated alkanes) is 4. The first-order valence-corrected chi connectivity index (χ1v) is 15.6. The Kier molecular flexibility index (Phi) is 8.82. The number of alkyl halides is 3. The second-order valence-corrected chi connectivity index (χ2v) is 13.4. The average Bonchev–Trinajstić information content (AvgIpc) is 3.15. The Morgan fingerprint density at radius 3 is 2.56 bits per heavy atom. The van der Waals surface area contributed by atoms with Crippen molar-refractivity contribution in [1.29, 1.82) is 0 Å². The van der Waals surface area contributed by atoms with Gasteiger partial charge in [-0.2, -0.15) is 21.6 Å². The molecule has 2 saturated carbocycles. The van der Waals surface area contributed by atoms with E-state index in [2.05, 4.69) is 24.6 Å². The van der Waals surface area contributed by atoms with Crippen LogP contribution in [-0.4, -0.2) is 41.6 Å². The molecule has 0 aliphatic heterocycles. The molecule has 3 unspecified atom stereocenters. The van der Waals surface area contributed by atoms with Crippen LogP contribution in [0.5, 0.6) is 0 Å². The zero-order valence-electron chi connectivity index (χ0n) is 22.8. The third kappa shape index (κ3) is 6.19. The lowest BCUT2D eigenvalue weighted by Crippen LogP contribution is -2.52. The molecule has 3 aliphatic rings. The smallest absolute Gasteiger partial charge is 0.393 e. The maximum atomic E-state index is 12.5. The van der Waals surface area contributed by atoms with Crippen molar-refractivity contribution >= 4 is 16.0 Å². The molecule has 0 aromatic heterocycles. The van der Waals surface area contributed by atoms with Gasteiger partial charge in [0.2, 0.25) is 0 Å². The molecule has 0 spiro atoms. The Morgan fingerprint density at radius 1 is 1.15 bits per heavy atom. The summed E-state index contributed by atoms with van der Waals surface area (Å²) in [5.74, 6) is 0.562. The summed E-state index contributed by atoms with van der Waals surface area (Å²) >= 11 is 0. The van der Waals surface area contributed by atoms with Crippen LogP contribution in [0.25, 0.3) is 0 Å². The van der Waals surface area contributed by atoms with Gasteiger partial charge in [0.05, 0.1) is 11.8 Å². The van der Waals surface area contributed by atoms with Crippen LogP contribution < -0.4 is 4.72 Å². The zero-order valence-corrected chi connectivity index (χ0v) is 23.6. The zero-order chi connectivity index (χ0) is 28.6. The summed E-state index contributed by atoms with van der Waals surface area (Å²) in [7, 11) is -4.36. The highest BCUT2D eigenvalue weighted by Crippen LogP contribution is 2.69. The Bertz CT molecular complexity index is 1170. The molecule has 220 valence electrons. The molecule has 0 radical (unpaired) electrons. The van der Waals surface area contributed by atoms with E-state index in [0.29, 0.717) is 24.4 Å². The summed E-state index contributed by atoms with van der Waals surface area (Å²) < 4.78 is 71.5. The quantitative estimate of drug-likeness (QED) is 0.142. The molecule has 2 fully saturated rings. The standard InChI is InChI=1S/C29H42F3NO5S/c1-19(8-6-4-3-5-7-9-26(35)29(30,31)32)28-17-14-20-18-21(33-39(36,37)38)10-11-22(20)23(28)15-16-27(2)24(28)12-13-25(27)34/h8,10-11,18,23-26,33-35H,3-7,9,12-17H2,1-2H3,(H,36,37,38)/t23?,24?,25-,26+,27-,28?/m0/s1. The van der Waals surface area contributed by atoms with Crippen molar-refractivity contribution in [2.75, 3.05) is 4.72 Å². The number of halogens is 3. The summed E-state index contributed by atoms with van der Waals surface area (Å²) in [4.78, 5) is 0. The molecule has 10 heteroatoms. The van der Waals surface area contributed by atoms with Crippen molar-refractivity contribution in [3.05, 3.63) is 41.0 Å². The monoisotopic (exact) mass is 573 g/mol. The van der Waals surface area contributed by atoms with Crippen molar-refractivity contribution in [2.24, 2.45) is 16.7 Å². The van der Waals surface area contributed by atoms with E-state index in [0.717, 1.165) is 63.4 Å². The summed E-state index contributed by atoms with van der Waals surface area (Å²) in [6.45, 7) is 4.42. The summed E-state index contributed by atoms with van der Waals surface area (Å²) in [5.41, 5.74) is 3.68. The highest BCUT2D eigenvalue weighted by Gasteiger charge is 2.62. The number of anilines is 1. The predicted molar refractivity (Wildman–Crippen MR) is 145 cm³/mol. The molecule has 4 N–H and O–H groups in total. The Balaban J connectivity index is 1.51. The first kappa shape index (κ1) is 30.3. The van der Waals surface area contributed by atoms with Crippen LogP contribution in [0.1, 0.15) is 102 Å². The molecule has 4 rings (SSSR count). The lowest BCUT2D eigenvalue weighted by molar-refractivity contribution is -0.205. The summed E-state index contributed by atoms with van der Waals surface area (Å²) in [5, 5.41) is 20.2. The molecule has 3 aliphatic carbocycles. The molecule has 6 atom stereocenters. The van der Waals surface area contributed by atoms with Gasteiger partial charge >= 0.3 is 16.5 Å². The van der Waals surface area contributed by atoms with Crippen molar-refractivity contribution in [1.82, 2.24) is 0 Å². The molecular formula is C29H42F3NO5S. The topological polar surface area (TPSA) is 107 Å². The number of hydrogen-bond donors (Lipinski definition) is 4. The van der Waals surface area contributed by atoms with E-state index < -0.39 is 22.6 Å². The number of aliphatic hydroxyl groups excluding tert-OH is 2. The fourth-order valence-electron chi connectivity index (χ4n) is 8.11. The van der Waals surface area contributed by atoms with Gasteiger partial charge in [-0.1, -0.05) is 43.9 Å². The maximum absolute atomic E-state index is 12.5. The fraction of sp³-hybridized carbons (Fsp3) is 0.724. The minimum Gasteiger partial charge on any atom is -0.393 e. The van der Waals surface area contributed by atoms with E-state index in [1.807, 2.05) is 12.1 Å². The third-order valence-corrected chi connectivity index (χ3v) is 10.6. The number of fused-ring (bicyclic) bond motifs is 5. The van der Waals surface area contributed by atoms with Crippen molar-refractivity contribution in [3.8, 4) is 0 Å². The largest absolute Gasteiger partial charge is 0.414 e. The van der Waals surface area contributed by atoms with E-state index >= 15 is 0 Å². The number of nitrogens with one attached hydrogen (secondary N) is 1. The summed E-state index contributed by atoms with van der Waals surface area (Å²) in [6.07, 6.45) is 3.67. The first-order chi connectivity index (χ1) is 18.2. The molecule has 0 saturated heterocycles. The van der Waals surface area contributed by atoms with Crippen molar-refractivity contribution < 1.29 is 36.4 Å². The lowest BCUT2D eigenvalue weighted by Gasteiger charge is -2.59. The van der Waals surface area contributed by atoms with Crippen LogP contribution in [0.15, 0.2) is 29.8 Å². The number of aliphatic hydroxyl groups is 2. The molecule has 39 heavy (non-hydrogen) atoms. The van der Waals surface area contributed by atoms with E-state index in [1.54, 1.807) is 6.07 Å². The molecule has 0 amide bonds. The number of hydrogen-bond acceptors (Lipinski definition) is 4. The van der Waals surface area contributed by atoms with Crippen LogP contribution in [-0.2, 0) is 16.7 Å². The van der Waals surface area contributed by atoms with Crippen LogP contribution in [0.3, 0.4) is 0 Å². The van der Waals surface area contributed by atoms with Gasteiger partial charge in [-0.15, -0.1) is 0 Å². The molecule has 0 heterocycles. The van der Waals surface area contributed by atoms with Gasteiger partial charge in [0.15, 0.2) is 0 Å². The minimum absolute atomic E-state index is 0.119. The van der Waals surface area contributed by atoms with E-state index in [9.17, 15) is 31.2 Å². The maximum Gasteiger partial charge on any atom is 0.414 e. The average molecular weight is 574 g/mol. The van der Waals surface area contributed by atoms with E-state index in [-0.39, 0.29) is 29.3 Å². The van der Waals surface area contributed by atoms with Crippen molar-refractivity contribution in [2.45, 2.75) is 115 Å². The van der Waals surface area contributed by atoms with Gasteiger partial charge < -0.3 is 10.2 Å². The van der Waals surface area contributed by atoms with Gasteiger partial charge in [-0.05, 0) is 105 Å². The highest BCUT2D eigenvalue weighted by molar-refractivity contribution is 7.87. The van der Waals surface area contributed by atoms with E-state index in [4.69, 9.17) is 5.11 Å². The fourth-order valence-corrected chi connectivity index (χ4v) is 8.54. The number of benzene rings is 1. The predicted octanol–water partition coefficient (Wildman–Crippen LogP) is 6.70. The molecule has 6 nitrogen and oxygen atoms in total. The van der Waals surface area contributed by atoms with Gasteiger partial charge in [0.25, 0.3) is 0 Å². The van der Waals surface area contributed by atoms with Gasteiger partial charge in [-0.25, -0.2) is 0 Å². The Morgan fingerprint density at radius 2 is 1.87 bits per heavy atom. The second kappa shape index (κ2) is 11.3. The Labute approximate surface area is 230 Å². The SMILES string of the molecule is CC(=CCCCCCC[C@@H](O)C(F)(F)F)C12CCc3cc(NS(=O)(=O)O)ccc3C1CC[C@@]1(C)C2CC[C@@H]1O. The molecule has 1 aromatic carbocycles. The molecular weight excluding hydrogens is 531 g/mol. The number of aryl methyl sites for hydroxylation is 1. The second-order valence-electron chi connectivity index (χ2n) is 12.2. The van der Waals surface area contributed by atoms with Gasteiger partial charge in [-0.3, -0.25) is 9.27 Å². The molecule has 0 bridgehead atoms. The van der Waals surface area contributed by atoms with Crippen molar-refractivity contribution in [3.63, 3.8) is 0 Å². The van der Waals surface area contributed by atoms with Crippen LogP contribution >= 0.6 is 0 Å².